The highest BCUT2D eigenvalue weighted by atomic mass is 32.2. The Hall–Kier alpha value is -1.81. The van der Waals surface area contributed by atoms with Gasteiger partial charge in [0.05, 0.1) is 5.75 Å². The van der Waals surface area contributed by atoms with Crippen LogP contribution >= 0.6 is 11.8 Å². The largest absolute Gasteiger partial charge is 0.325 e. The molecule has 1 unspecified atom stereocenters. The molecule has 1 amide bonds. The molecule has 1 atom stereocenters. The molecule has 2 heterocycles. The molecule has 25 heavy (non-hydrogen) atoms. The number of aromatic nitrogens is 1. The van der Waals surface area contributed by atoms with Crippen LogP contribution in [0.25, 0.3) is 0 Å². The molecule has 0 bridgehead atoms. The van der Waals surface area contributed by atoms with Crippen LogP contribution in [0.3, 0.4) is 0 Å². The van der Waals surface area contributed by atoms with Gasteiger partial charge < -0.3 is 4.90 Å². The minimum absolute atomic E-state index is 0.132. The van der Waals surface area contributed by atoms with Crippen molar-refractivity contribution in [2.75, 3.05) is 12.3 Å². The molecule has 0 spiro atoms. The van der Waals surface area contributed by atoms with Crippen molar-refractivity contribution in [1.29, 1.82) is 0 Å². The molecule has 132 valence electrons. The van der Waals surface area contributed by atoms with E-state index in [1.807, 2.05) is 24.5 Å². The highest BCUT2D eigenvalue weighted by molar-refractivity contribution is 8.00. The third-order valence-electron chi connectivity index (χ3n) is 5.66. The van der Waals surface area contributed by atoms with Gasteiger partial charge in [0.2, 0.25) is 5.91 Å². The average Bonchev–Trinajstić information content (AvgIpc) is 2.98. The predicted molar refractivity (Wildman–Crippen MR) is 105 cm³/mol. The zero-order valence-corrected chi connectivity index (χ0v) is 16.5. The van der Waals surface area contributed by atoms with Crippen molar-refractivity contribution >= 4 is 17.7 Å². The standard InChI is InChI=1S/C21H26N2OS/c1-13-14(2)16(4)20(17(5)15(13)3)21-23(19(24)12-25-21)11-8-18-6-9-22-10-7-18/h6-7,9-10,21H,8,11-12H2,1-5H3. The molecule has 1 aliphatic rings. The number of carbonyl (C=O) groups excluding carboxylic acids is 1. The van der Waals surface area contributed by atoms with Crippen LogP contribution in [-0.2, 0) is 11.2 Å². The van der Waals surface area contributed by atoms with Crippen LogP contribution in [0, 0.1) is 34.6 Å². The molecule has 1 aromatic carbocycles. The minimum atomic E-state index is 0.132. The van der Waals surface area contributed by atoms with Crippen LogP contribution in [0.1, 0.15) is 44.3 Å². The maximum absolute atomic E-state index is 12.5. The Morgan fingerprint density at radius 3 is 2.16 bits per heavy atom. The maximum Gasteiger partial charge on any atom is 0.233 e. The number of amides is 1. The zero-order valence-electron chi connectivity index (χ0n) is 15.7. The molecule has 0 N–H and O–H groups in total. The molecule has 0 radical (unpaired) electrons. The van der Waals surface area contributed by atoms with Gasteiger partial charge in [-0.2, -0.15) is 0 Å². The Morgan fingerprint density at radius 1 is 1.00 bits per heavy atom. The zero-order chi connectivity index (χ0) is 18.1. The Bertz CT molecular complexity index is 772. The molecule has 4 heteroatoms. The van der Waals surface area contributed by atoms with Crippen LogP contribution in [0.4, 0.5) is 0 Å². The van der Waals surface area contributed by atoms with Gasteiger partial charge in [-0.15, -0.1) is 11.8 Å². The molecular formula is C21H26N2OS. The van der Waals surface area contributed by atoms with Crippen molar-refractivity contribution in [3.05, 3.63) is 63.5 Å². The second kappa shape index (κ2) is 7.20. The molecule has 1 saturated heterocycles. The number of benzene rings is 1. The summed E-state index contributed by atoms with van der Waals surface area (Å²) in [4.78, 5) is 18.7. The lowest BCUT2D eigenvalue weighted by Gasteiger charge is -2.29. The van der Waals surface area contributed by atoms with Gasteiger partial charge in [-0.05, 0) is 92.1 Å². The first kappa shape index (κ1) is 18.0. The number of hydrogen-bond donors (Lipinski definition) is 0. The summed E-state index contributed by atoms with van der Waals surface area (Å²) in [7, 11) is 0. The second-order valence-electron chi connectivity index (χ2n) is 6.89. The highest BCUT2D eigenvalue weighted by Crippen LogP contribution is 2.43. The van der Waals surface area contributed by atoms with Crippen LogP contribution < -0.4 is 0 Å². The van der Waals surface area contributed by atoms with E-state index in [4.69, 9.17) is 0 Å². The summed E-state index contributed by atoms with van der Waals surface area (Å²) >= 11 is 1.76. The van der Waals surface area contributed by atoms with Gasteiger partial charge in [-0.3, -0.25) is 9.78 Å². The van der Waals surface area contributed by atoms with Crippen molar-refractivity contribution < 1.29 is 4.79 Å². The molecule has 0 aliphatic carbocycles. The Labute approximate surface area is 154 Å². The van der Waals surface area contributed by atoms with E-state index in [0.29, 0.717) is 5.75 Å². The van der Waals surface area contributed by atoms with Gasteiger partial charge in [0.25, 0.3) is 0 Å². The van der Waals surface area contributed by atoms with E-state index < -0.39 is 0 Å². The number of carbonyl (C=O) groups is 1. The lowest BCUT2D eigenvalue weighted by Crippen LogP contribution is -2.31. The topological polar surface area (TPSA) is 33.2 Å². The Balaban J connectivity index is 1.92. The third-order valence-corrected chi connectivity index (χ3v) is 6.88. The van der Waals surface area contributed by atoms with Gasteiger partial charge in [-0.25, -0.2) is 0 Å². The fraction of sp³-hybridized carbons (Fsp3) is 0.429. The highest BCUT2D eigenvalue weighted by Gasteiger charge is 2.35. The fourth-order valence-electron chi connectivity index (χ4n) is 3.63. The monoisotopic (exact) mass is 354 g/mol. The van der Waals surface area contributed by atoms with Crippen molar-refractivity contribution in [2.24, 2.45) is 0 Å². The normalized spacial score (nSPS) is 17.4. The van der Waals surface area contributed by atoms with Crippen LogP contribution in [0.2, 0.25) is 0 Å². The van der Waals surface area contributed by atoms with Gasteiger partial charge >= 0.3 is 0 Å². The fourth-order valence-corrected chi connectivity index (χ4v) is 5.02. The molecular weight excluding hydrogens is 328 g/mol. The van der Waals surface area contributed by atoms with Gasteiger partial charge in [0.15, 0.2) is 0 Å². The number of nitrogens with zero attached hydrogens (tertiary/aromatic N) is 2. The van der Waals surface area contributed by atoms with E-state index >= 15 is 0 Å². The van der Waals surface area contributed by atoms with E-state index in [0.717, 1.165) is 13.0 Å². The Kier molecular flexibility index (Phi) is 5.19. The first-order valence-corrected chi connectivity index (χ1v) is 9.83. The SMILES string of the molecule is Cc1c(C)c(C)c(C2SCC(=O)N2CCc2ccncc2)c(C)c1C. The van der Waals surface area contributed by atoms with Crippen molar-refractivity contribution in [2.45, 2.75) is 46.4 Å². The van der Waals surface area contributed by atoms with Crippen molar-refractivity contribution in [3.63, 3.8) is 0 Å². The van der Waals surface area contributed by atoms with Crippen molar-refractivity contribution in [1.82, 2.24) is 9.88 Å². The van der Waals surface area contributed by atoms with E-state index in [-0.39, 0.29) is 11.3 Å². The molecule has 3 rings (SSSR count). The van der Waals surface area contributed by atoms with E-state index in [1.165, 1.54) is 38.9 Å². The maximum atomic E-state index is 12.5. The van der Waals surface area contributed by atoms with E-state index in [2.05, 4.69) is 44.5 Å². The van der Waals surface area contributed by atoms with Gasteiger partial charge in [0.1, 0.15) is 5.37 Å². The average molecular weight is 355 g/mol. The summed E-state index contributed by atoms with van der Waals surface area (Å²) in [6.45, 7) is 11.8. The summed E-state index contributed by atoms with van der Waals surface area (Å²) in [6, 6.07) is 4.05. The molecule has 1 aliphatic heterocycles. The summed E-state index contributed by atoms with van der Waals surface area (Å²) in [5.41, 5.74) is 9.31. The number of rotatable bonds is 4. The quantitative estimate of drug-likeness (QED) is 0.814. The van der Waals surface area contributed by atoms with Crippen LogP contribution in [0.15, 0.2) is 24.5 Å². The lowest BCUT2D eigenvalue weighted by atomic mass is 9.89. The third kappa shape index (κ3) is 3.32. The number of thioether (sulfide) groups is 1. The number of pyridine rings is 1. The molecule has 1 fully saturated rings. The molecule has 0 saturated carbocycles. The summed E-state index contributed by atoms with van der Waals surface area (Å²) in [5.74, 6) is 0.824. The van der Waals surface area contributed by atoms with Crippen LogP contribution in [-0.4, -0.2) is 28.1 Å². The lowest BCUT2D eigenvalue weighted by molar-refractivity contribution is -0.128. The summed E-state index contributed by atoms with van der Waals surface area (Å²) in [5, 5.41) is 0.132. The first-order valence-electron chi connectivity index (χ1n) is 8.78. The van der Waals surface area contributed by atoms with E-state index in [1.54, 1.807) is 11.8 Å². The summed E-state index contributed by atoms with van der Waals surface area (Å²) in [6.07, 6.45) is 4.50. The van der Waals surface area contributed by atoms with Crippen LogP contribution in [0.5, 0.6) is 0 Å². The Morgan fingerprint density at radius 2 is 1.56 bits per heavy atom. The minimum Gasteiger partial charge on any atom is -0.325 e. The molecule has 1 aromatic heterocycles. The van der Waals surface area contributed by atoms with Gasteiger partial charge in [0, 0.05) is 18.9 Å². The molecule has 3 nitrogen and oxygen atoms in total. The predicted octanol–water partition coefficient (Wildman–Crippen LogP) is 4.44. The van der Waals surface area contributed by atoms with Crippen molar-refractivity contribution in [3.8, 4) is 0 Å². The van der Waals surface area contributed by atoms with E-state index in [9.17, 15) is 4.79 Å². The van der Waals surface area contributed by atoms with Gasteiger partial charge in [-0.1, -0.05) is 0 Å². The summed E-state index contributed by atoms with van der Waals surface area (Å²) < 4.78 is 0. The first-order chi connectivity index (χ1) is 11.9. The second-order valence-corrected chi connectivity index (χ2v) is 7.96. The number of hydrogen-bond acceptors (Lipinski definition) is 3. The smallest absolute Gasteiger partial charge is 0.233 e. The molecule has 2 aromatic rings.